The first-order valence-corrected chi connectivity index (χ1v) is 8.76. The molecular formula is C20H21N3O4. The van der Waals surface area contributed by atoms with Gasteiger partial charge in [-0.15, -0.1) is 0 Å². The Balaban J connectivity index is 1.48. The van der Waals surface area contributed by atoms with E-state index in [4.69, 9.17) is 9.47 Å². The van der Waals surface area contributed by atoms with Crippen LogP contribution in [-0.4, -0.2) is 41.6 Å². The number of hydrogen-bond donors (Lipinski definition) is 2. The smallest absolute Gasteiger partial charge is 0.341 e. The second-order valence-corrected chi connectivity index (χ2v) is 5.81. The van der Waals surface area contributed by atoms with E-state index in [1.807, 2.05) is 24.3 Å². The van der Waals surface area contributed by atoms with Crippen molar-refractivity contribution in [3.05, 3.63) is 59.9 Å². The van der Waals surface area contributed by atoms with Gasteiger partial charge in [-0.05, 0) is 31.2 Å². The van der Waals surface area contributed by atoms with Crippen LogP contribution in [0.1, 0.15) is 23.1 Å². The van der Waals surface area contributed by atoms with Crippen LogP contribution in [-0.2, 0) is 16.0 Å². The molecule has 1 aromatic heterocycles. The molecule has 0 aliphatic carbocycles. The highest BCUT2D eigenvalue weighted by Gasteiger charge is 2.14. The highest BCUT2D eigenvalue weighted by molar-refractivity contribution is 5.92. The zero-order valence-corrected chi connectivity index (χ0v) is 15.0. The van der Waals surface area contributed by atoms with E-state index < -0.39 is 5.97 Å². The van der Waals surface area contributed by atoms with Crippen molar-refractivity contribution in [1.29, 1.82) is 0 Å². The Morgan fingerprint density at radius 1 is 1.11 bits per heavy atom. The maximum absolute atomic E-state index is 12.0. The first-order valence-electron chi connectivity index (χ1n) is 8.76. The predicted octanol–water partition coefficient (Wildman–Crippen LogP) is 2.48. The normalized spacial score (nSPS) is 10.6. The number of nitrogens with zero attached hydrogens (tertiary/aromatic N) is 1. The fourth-order valence-corrected chi connectivity index (χ4v) is 2.61. The summed E-state index contributed by atoms with van der Waals surface area (Å²) in [6, 6.07) is 14.4. The lowest BCUT2D eigenvalue weighted by molar-refractivity contribution is -0.123. The highest BCUT2D eigenvalue weighted by atomic mass is 16.5. The monoisotopic (exact) mass is 367 g/mol. The van der Waals surface area contributed by atoms with Crippen LogP contribution in [0.2, 0.25) is 0 Å². The van der Waals surface area contributed by atoms with Crippen molar-refractivity contribution in [3.63, 3.8) is 0 Å². The lowest BCUT2D eigenvalue weighted by Crippen LogP contribution is -2.31. The fraction of sp³-hybridized carbons (Fsp3) is 0.250. The van der Waals surface area contributed by atoms with Gasteiger partial charge in [-0.2, -0.15) is 0 Å². The number of ether oxygens (including phenoxy) is 2. The molecule has 0 radical (unpaired) electrons. The Bertz CT molecular complexity index is 903. The second-order valence-electron chi connectivity index (χ2n) is 5.81. The van der Waals surface area contributed by atoms with Gasteiger partial charge < -0.3 is 19.8 Å². The molecule has 2 N–H and O–H groups in total. The van der Waals surface area contributed by atoms with Crippen LogP contribution in [0, 0.1) is 0 Å². The molecule has 0 fully saturated rings. The summed E-state index contributed by atoms with van der Waals surface area (Å²) in [5.74, 6) is 0.386. The van der Waals surface area contributed by atoms with Gasteiger partial charge in [-0.1, -0.05) is 24.3 Å². The molecule has 27 heavy (non-hydrogen) atoms. The highest BCUT2D eigenvalue weighted by Crippen LogP contribution is 2.18. The van der Waals surface area contributed by atoms with Crippen LogP contribution in [0.5, 0.6) is 5.75 Å². The van der Waals surface area contributed by atoms with Gasteiger partial charge in [0.1, 0.15) is 17.1 Å². The van der Waals surface area contributed by atoms with Crippen LogP contribution in [0.25, 0.3) is 11.0 Å². The fourth-order valence-electron chi connectivity index (χ4n) is 2.61. The molecule has 0 saturated heterocycles. The third-order valence-corrected chi connectivity index (χ3v) is 3.86. The van der Waals surface area contributed by atoms with Crippen molar-refractivity contribution >= 4 is 22.9 Å². The average Bonchev–Trinajstić information content (AvgIpc) is 3.09. The summed E-state index contributed by atoms with van der Waals surface area (Å²) in [6.45, 7) is 2.25. The minimum Gasteiger partial charge on any atom is -0.483 e. The first-order chi connectivity index (χ1) is 13.2. The Morgan fingerprint density at radius 2 is 1.89 bits per heavy atom. The molecule has 0 atom stereocenters. The van der Waals surface area contributed by atoms with Crippen molar-refractivity contribution in [2.75, 3.05) is 19.8 Å². The molecule has 0 aliphatic heterocycles. The number of rotatable bonds is 8. The molecule has 0 unspecified atom stereocenters. The van der Waals surface area contributed by atoms with Gasteiger partial charge >= 0.3 is 5.97 Å². The summed E-state index contributed by atoms with van der Waals surface area (Å²) in [7, 11) is 0. The molecule has 7 nitrogen and oxygen atoms in total. The first kappa shape index (κ1) is 18.4. The van der Waals surface area contributed by atoms with Crippen LogP contribution in [0.4, 0.5) is 0 Å². The number of para-hydroxylation sites is 3. The largest absolute Gasteiger partial charge is 0.483 e. The van der Waals surface area contributed by atoms with E-state index in [0.717, 1.165) is 16.9 Å². The van der Waals surface area contributed by atoms with Crippen LogP contribution < -0.4 is 10.1 Å². The average molecular weight is 367 g/mol. The molecule has 0 aliphatic rings. The minimum atomic E-state index is -0.474. The minimum absolute atomic E-state index is 0.184. The van der Waals surface area contributed by atoms with E-state index in [0.29, 0.717) is 24.3 Å². The number of H-pyrrole nitrogens is 1. The zero-order valence-electron chi connectivity index (χ0n) is 15.0. The molecular weight excluding hydrogens is 346 g/mol. The van der Waals surface area contributed by atoms with Gasteiger partial charge in [0, 0.05) is 13.0 Å². The lowest BCUT2D eigenvalue weighted by Gasteiger charge is -2.10. The van der Waals surface area contributed by atoms with E-state index in [2.05, 4.69) is 15.3 Å². The van der Waals surface area contributed by atoms with Crippen molar-refractivity contribution < 1.29 is 19.1 Å². The summed E-state index contributed by atoms with van der Waals surface area (Å²) in [6.07, 6.45) is 0.583. The number of benzene rings is 2. The Morgan fingerprint density at radius 3 is 2.70 bits per heavy atom. The quantitative estimate of drug-likeness (QED) is 0.597. The number of aromatic amines is 1. The Hall–Kier alpha value is -3.35. The molecule has 7 heteroatoms. The number of hydrogen-bond acceptors (Lipinski definition) is 5. The van der Waals surface area contributed by atoms with E-state index in [1.54, 1.807) is 31.2 Å². The third-order valence-electron chi connectivity index (χ3n) is 3.86. The number of nitrogens with one attached hydrogen (secondary N) is 2. The molecule has 2 aromatic carbocycles. The number of carbonyl (C=O) groups excluding carboxylic acids is 2. The van der Waals surface area contributed by atoms with Crippen LogP contribution in [0.15, 0.2) is 48.5 Å². The summed E-state index contributed by atoms with van der Waals surface area (Å²) in [4.78, 5) is 31.6. The molecule has 0 bridgehead atoms. The summed E-state index contributed by atoms with van der Waals surface area (Å²) >= 11 is 0. The number of amides is 1. The molecule has 3 rings (SSSR count). The number of esters is 1. The SMILES string of the molecule is CCOC(=O)c1ccccc1OCC(=O)NCCc1nc2ccccc2[nH]1. The van der Waals surface area contributed by atoms with Gasteiger partial charge in [-0.3, -0.25) is 4.79 Å². The maximum atomic E-state index is 12.0. The molecule has 1 heterocycles. The Labute approximate surface area is 156 Å². The second kappa shape index (κ2) is 8.84. The molecule has 3 aromatic rings. The van der Waals surface area contributed by atoms with Gasteiger partial charge in [0.15, 0.2) is 6.61 Å². The van der Waals surface area contributed by atoms with E-state index >= 15 is 0 Å². The maximum Gasteiger partial charge on any atom is 0.341 e. The van der Waals surface area contributed by atoms with Crippen LogP contribution in [0.3, 0.4) is 0 Å². The van der Waals surface area contributed by atoms with Crippen molar-refractivity contribution in [1.82, 2.24) is 15.3 Å². The number of aromatic nitrogens is 2. The summed E-state index contributed by atoms with van der Waals surface area (Å²) in [5, 5.41) is 2.78. The van der Waals surface area contributed by atoms with E-state index in [9.17, 15) is 9.59 Å². The van der Waals surface area contributed by atoms with Crippen molar-refractivity contribution in [2.24, 2.45) is 0 Å². The number of imidazole rings is 1. The van der Waals surface area contributed by atoms with Crippen molar-refractivity contribution in [2.45, 2.75) is 13.3 Å². The van der Waals surface area contributed by atoms with Crippen molar-refractivity contribution in [3.8, 4) is 5.75 Å². The number of fused-ring (bicyclic) bond motifs is 1. The van der Waals surface area contributed by atoms with Gasteiger partial charge in [0.2, 0.25) is 0 Å². The van der Waals surface area contributed by atoms with Crippen LogP contribution >= 0.6 is 0 Å². The number of carbonyl (C=O) groups is 2. The molecule has 0 saturated carbocycles. The third kappa shape index (κ3) is 4.84. The van der Waals surface area contributed by atoms with E-state index in [-0.39, 0.29) is 19.1 Å². The van der Waals surface area contributed by atoms with E-state index in [1.165, 1.54) is 0 Å². The van der Waals surface area contributed by atoms with Gasteiger partial charge in [0.25, 0.3) is 5.91 Å². The molecule has 1 amide bonds. The zero-order chi connectivity index (χ0) is 19.1. The molecule has 140 valence electrons. The van der Waals surface area contributed by atoms with Gasteiger partial charge in [-0.25, -0.2) is 9.78 Å². The summed E-state index contributed by atoms with van der Waals surface area (Å²) in [5.41, 5.74) is 2.17. The lowest BCUT2D eigenvalue weighted by atomic mass is 10.2. The Kier molecular flexibility index (Phi) is 6.04. The molecule has 0 spiro atoms. The standard InChI is InChI=1S/C20H21N3O4/c1-2-26-20(25)14-7-3-6-10-17(14)27-13-19(24)21-12-11-18-22-15-8-4-5-9-16(15)23-18/h3-10H,2,11-13H2,1H3,(H,21,24)(H,22,23). The predicted molar refractivity (Wildman–Crippen MR) is 101 cm³/mol. The topological polar surface area (TPSA) is 93.3 Å². The summed E-state index contributed by atoms with van der Waals surface area (Å²) < 4.78 is 10.5. The van der Waals surface area contributed by atoms with Gasteiger partial charge in [0.05, 0.1) is 17.6 Å².